The first-order chi connectivity index (χ1) is 8.39. The zero-order valence-corrected chi connectivity index (χ0v) is 11.4. The van der Waals surface area contributed by atoms with Crippen LogP contribution in [0.3, 0.4) is 0 Å². The standard InChI is InChI=1S/C13H25F3N2/c1-11(2)5-6-17-7-9-18-8-3-4-12(10-18)13(14,15)16/h11-12,17H,3-10H2,1-2H3. The summed E-state index contributed by atoms with van der Waals surface area (Å²) in [5.41, 5.74) is 0. The minimum atomic E-state index is -4.02. The third kappa shape index (κ3) is 6.05. The first kappa shape index (κ1) is 15.8. The fraction of sp³-hybridized carbons (Fsp3) is 1.00. The van der Waals surface area contributed by atoms with Crippen molar-refractivity contribution in [3.8, 4) is 0 Å². The Hall–Kier alpha value is -0.290. The summed E-state index contributed by atoms with van der Waals surface area (Å²) in [7, 11) is 0. The summed E-state index contributed by atoms with van der Waals surface area (Å²) in [5, 5.41) is 3.29. The fourth-order valence-corrected chi connectivity index (χ4v) is 2.28. The minimum Gasteiger partial charge on any atom is -0.315 e. The van der Waals surface area contributed by atoms with Gasteiger partial charge in [-0.25, -0.2) is 0 Å². The van der Waals surface area contributed by atoms with E-state index in [0.717, 1.165) is 32.6 Å². The van der Waals surface area contributed by atoms with Crippen molar-refractivity contribution in [1.29, 1.82) is 0 Å². The Morgan fingerprint density at radius 1 is 1.28 bits per heavy atom. The van der Waals surface area contributed by atoms with Crippen molar-refractivity contribution in [3.63, 3.8) is 0 Å². The van der Waals surface area contributed by atoms with Gasteiger partial charge in [0.15, 0.2) is 0 Å². The summed E-state index contributed by atoms with van der Waals surface area (Å²) >= 11 is 0. The molecule has 108 valence electrons. The predicted octanol–water partition coefficient (Wildman–Crippen LogP) is 2.90. The molecule has 1 fully saturated rings. The van der Waals surface area contributed by atoms with E-state index in [4.69, 9.17) is 0 Å². The van der Waals surface area contributed by atoms with Crippen LogP contribution in [0.15, 0.2) is 0 Å². The first-order valence-corrected chi connectivity index (χ1v) is 6.89. The van der Waals surface area contributed by atoms with E-state index in [2.05, 4.69) is 19.2 Å². The Morgan fingerprint density at radius 3 is 2.61 bits per heavy atom. The van der Waals surface area contributed by atoms with Gasteiger partial charge in [-0.2, -0.15) is 13.2 Å². The maximum absolute atomic E-state index is 12.6. The van der Waals surface area contributed by atoms with Gasteiger partial charge in [0, 0.05) is 19.6 Å². The molecular weight excluding hydrogens is 241 g/mol. The van der Waals surface area contributed by atoms with Crippen LogP contribution in [-0.2, 0) is 0 Å². The molecule has 1 heterocycles. The van der Waals surface area contributed by atoms with Crippen LogP contribution < -0.4 is 5.32 Å². The molecule has 1 N–H and O–H groups in total. The summed E-state index contributed by atoms with van der Waals surface area (Å²) in [6.45, 7) is 7.78. The third-order valence-electron chi connectivity index (χ3n) is 3.47. The normalized spacial score (nSPS) is 22.7. The van der Waals surface area contributed by atoms with E-state index in [1.54, 1.807) is 0 Å². The summed E-state index contributed by atoms with van der Waals surface area (Å²) in [4.78, 5) is 1.93. The molecule has 0 bridgehead atoms. The smallest absolute Gasteiger partial charge is 0.315 e. The highest BCUT2D eigenvalue weighted by Crippen LogP contribution is 2.32. The van der Waals surface area contributed by atoms with Crippen LogP contribution in [0.1, 0.15) is 33.1 Å². The van der Waals surface area contributed by atoms with Crippen LogP contribution >= 0.6 is 0 Å². The van der Waals surface area contributed by atoms with E-state index in [0.29, 0.717) is 18.8 Å². The van der Waals surface area contributed by atoms with E-state index in [9.17, 15) is 13.2 Å². The van der Waals surface area contributed by atoms with Gasteiger partial charge in [0.05, 0.1) is 5.92 Å². The van der Waals surface area contributed by atoms with Gasteiger partial charge in [-0.1, -0.05) is 13.8 Å². The highest BCUT2D eigenvalue weighted by atomic mass is 19.4. The van der Waals surface area contributed by atoms with Crippen molar-refractivity contribution in [2.75, 3.05) is 32.7 Å². The predicted molar refractivity (Wildman–Crippen MR) is 67.5 cm³/mol. The third-order valence-corrected chi connectivity index (χ3v) is 3.47. The highest BCUT2D eigenvalue weighted by Gasteiger charge is 2.41. The Bertz CT molecular complexity index is 229. The van der Waals surface area contributed by atoms with E-state index < -0.39 is 12.1 Å². The second kappa shape index (κ2) is 7.34. The van der Waals surface area contributed by atoms with Crippen molar-refractivity contribution >= 4 is 0 Å². The number of piperidine rings is 1. The van der Waals surface area contributed by atoms with Gasteiger partial charge in [0.2, 0.25) is 0 Å². The molecule has 0 saturated carbocycles. The average molecular weight is 266 g/mol. The SMILES string of the molecule is CC(C)CCNCCN1CCCC(C(F)(F)F)C1. The maximum atomic E-state index is 12.6. The molecule has 18 heavy (non-hydrogen) atoms. The van der Waals surface area contributed by atoms with Crippen LogP contribution in [0.4, 0.5) is 13.2 Å². The van der Waals surface area contributed by atoms with Crippen LogP contribution in [0, 0.1) is 11.8 Å². The van der Waals surface area contributed by atoms with Crippen molar-refractivity contribution in [3.05, 3.63) is 0 Å². The molecule has 2 nitrogen and oxygen atoms in total. The van der Waals surface area contributed by atoms with Gasteiger partial charge in [-0.15, -0.1) is 0 Å². The lowest BCUT2D eigenvalue weighted by Crippen LogP contribution is -2.44. The van der Waals surface area contributed by atoms with E-state index in [-0.39, 0.29) is 6.54 Å². The molecule has 1 aliphatic rings. The van der Waals surface area contributed by atoms with Gasteiger partial charge in [-0.05, 0) is 38.3 Å². The lowest BCUT2D eigenvalue weighted by molar-refractivity contribution is -0.186. The van der Waals surface area contributed by atoms with Crippen molar-refractivity contribution < 1.29 is 13.2 Å². The van der Waals surface area contributed by atoms with E-state index in [1.165, 1.54) is 0 Å². The Balaban J connectivity index is 2.15. The first-order valence-electron chi connectivity index (χ1n) is 6.89. The van der Waals surface area contributed by atoms with Gasteiger partial charge >= 0.3 is 6.18 Å². The molecule has 0 aromatic rings. The molecule has 0 aromatic heterocycles. The number of hydrogen-bond donors (Lipinski definition) is 1. The molecule has 1 rings (SSSR count). The molecule has 1 unspecified atom stereocenters. The maximum Gasteiger partial charge on any atom is 0.393 e. The van der Waals surface area contributed by atoms with Crippen LogP contribution in [-0.4, -0.2) is 43.8 Å². The van der Waals surface area contributed by atoms with Gasteiger partial charge < -0.3 is 10.2 Å². The summed E-state index contributed by atoms with van der Waals surface area (Å²) in [6.07, 6.45) is -1.95. The van der Waals surface area contributed by atoms with Gasteiger partial charge in [0.25, 0.3) is 0 Å². The molecule has 1 aliphatic heterocycles. The monoisotopic (exact) mass is 266 g/mol. The minimum absolute atomic E-state index is 0.176. The van der Waals surface area contributed by atoms with Crippen LogP contribution in [0.5, 0.6) is 0 Å². The van der Waals surface area contributed by atoms with Gasteiger partial charge in [0.1, 0.15) is 0 Å². The molecule has 1 saturated heterocycles. The molecule has 0 aromatic carbocycles. The number of rotatable bonds is 6. The lowest BCUT2D eigenvalue weighted by Gasteiger charge is -2.33. The van der Waals surface area contributed by atoms with Gasteiger partial charge in [-0.3, -0.25) is 0 Å². The second-order valence-electron chi connectivity index (χ2n) is 5.61. The summed E-state index contributed by atoms with van der Waals surface area (Å²) < 4.78 is 37.8. The van der Waals surface area contributed by atoms with Crippen molar-refractivity contribution in [2.45, 2.75) is 39.3 Å². The average Bonchev–Trinajstić information content (AvgIpc) is 2.27. The number of likely N-dealkylation sites (tertiary alicyclic amines) is 1. The second-order valence-corrected chi connectivity index (χ2v) is 5.61. The molecule has 1 atom stereocenters. The number of hydrogen-bond acceptors (Lipinski definition) is 2. The Morgan fingerprint density at radius 2 is 2.00 bits per heavy atom. The fourth-order valence-electron chi connectivity index (χ4n) is 2.28. The topological polar surface area (TPSA) is 15.3 Å². The molecular formula is C13H25F3N2. The van der Waals surface area contributed by atoms with Crippen molar-refractivity contribution in [2.24, 2.45) is 11.8 Å². The van der Waals surface area contributed by atoms with Crippen LogP contribution in [0.2, 0.25) is 0 Å². The van der Waals surface area contributed by atoms with Crippen molar-refractivity contribution in [1.82, 2.24) is 10.2 Å². The summed E-state index contributed by atoms with van der Waals surface area (Å²) in [5.74, 6) is -0.455. The number of alkyl halides is 3. The Kier molecular flexibility index (Phi) is 6.43. The molecule has 0 aliphatic carbocycles. The highest BCUT2D eigenvalue weighted by molar-refractivity contribution is 4.78. The molecule has 0 spiro atoms. The quantitative estimate of drug-likeness (QED) is 0.744. The zero-order valence-electron chi connectivity index (χ0n) is 11.4. The molecule has 5 heteroatoms. The lowest BCUT2D eigenvalue weighted by atomic mass is 9.97. The summed E-state index contributed by atoms with van der Waals surface area (Å²) in [6, 6.07) is 0. The van der Waals surface area contributed by atoms with E-state index in [1.807, 2.05) is 4.90 Å². The number of nitrogens with one attached hydrogen (secondary N) is 1. The zero-order chi connectivity index (χ0) is 13.6. The largest absolute Gasteiger partial charge is 0.393 e. The number of halogens is 3. The Labute approximate surface area is 108 Å². The van der Waals surface area contributed by atoms with Crippen LogP contribution in [0.25, 0.3) is 0 Å². The molecule has 0 amide bonds. The van der Waals surface area contributed by atoms with E-state index >= 15 is 0 Å². The molecule has 0 radical (unpaired) electrons. The number of nitrogens with zero attached hydrogens (tertiary/aromatic N) is 1.